The van der Waals surface area contributed by atoms with Gasteiger partial charge in [-0.2, -0.15) is 4.80 Å². The number of carbonyl (C=O) groups is 1. The Balaban J connectivity index is 1.51. The van der Waals surface area contributed by atoms with Crippen LogP contribution in [0.2, 0.25) is 5.02 Å². The van der Waals surface area contributed by atoms with Crippen LogP contribution in [0.25, 0.3) is 0 Å². The Bertz CT molecular complexity index is 869. The minimum atomic E-state index is -0.217. The van der Waals surface area contributed by atoms with E-state index in [1.165, 1.54) is 4.80 Å². The molecule has 0 aliphatic carbocycles. The molecule has 0 unspecified atom stereocenters. The van der Waals surface area contributed by atoms with Crippen LogP contribution in [0.4, 0.5) is 0 Å². The highest BCUT2D eigenvalue weighted by Crippen LogP contribution is 2.17. The van der Waals surface area contributed by atoms with Crippen LogP contribution in [0.3, 0.4) is 0 Å². The first-order valence-electron chi connectivity index (χ1n) is 8.09. The van der Waals surface area contributed by atoms with Crippen molar-refractivity contribution in [1.82, 2.24) is 25.5 Å². The van der Waals surface area contributed by atoms with E-state index in [4.69, 9.17) is 16.3 Å². The first-order valence-corrected chi connectivity index (χ1v) is 8.47. The third kappa shape index (κ3) is 5.03. The second-order valence-electron chi connectivity index (χ2n) is 5.68. The van der Waals surface area contributed by atoms with Crippen molar-refractivity contribution in [2.75, 3.05) is 0 Å². The number of para-hydroxylation sites is 1. The molecule has 0 spiro atoms. The molecular formula is C18H18ClN5O2. The van der Waals surface area contributed by atoms with E-state index in [1.54, 1.807) is 6.07 Å². The van der Waals surface area contributed by atoms with Crippen molar-refractivity contribution in [2.24, 2.45) is 0 Å². The molecule has 7 nitrogen and oxygen atoms in total. The van der Waals surface area contributed by atoms with Crippen molar-refractivity contribution < 1.29 is 9.53 Å². The number of nitrogens with zero attached hydrogens (tertiary/aromatic N) is 4. The fourth-order valence-corrected chi connectivity index (χ4v) is 2.54. The largest absolute Gasteiger partial charge is 0.485 e. The molecular weight excluding hydrogens is 354 g/mol. The third-order valence-electron chi connectivity index (χ3n) is 3.62. The van der Waals surface area contributed by atoms with Crippen LogP contribution >= 0.6 is 11.6 Å². The molecule has 0 aliphatic heterocycles. The number of rotatable bonds is 7. The van der Waals surface area contributed by atoms with Gasteiger partial charge in [0.25, 0.3) is 0 Å². The normalized spacial score (nSPS) is 11.8. The lowest BCUT2D eigenvalue weighted by Crippen LogP contribution is -2.30. The Morgan fingerprint density at radius 2 is 2.04 bits per heavy atom. The van der Waals surface area contributed by atoms with Crippen molar-refractivity contribution in [1.29, 1.82) is 0 Å². The Morgan fingerprint density at radius 3 is 2.81 bits per heavy atom. The topological polar surface area (TPSA) is 81.9 Å². The SMILES string of the molecule is C[C@@H](NC(=O)Cn1nnc(COc2ccccc2)n1)c1cccc(Cl)c1. The zero-order valence-electron chi connectivity index (χ0n) is 14.2. The van der Waals surface area contributed by atoms with E-state index in [-0.39, 0.29) is 25.1 Å². The predicted molar refractivity (Wildman–Crippen MR) is 96.6 cm³/mol. The Labute approximate surface area is 155 Å². The number of hydrogen-bond donors (Lipinski definition) is 1. The molecule has 1 amide bonds. The van der Waals surface area contributed by atoms with Crippen LogP contribution < -0.4 is 10.1 Å². The van der Waals surface area contributed by atoms with Gasteiger partial charge >= 0.3 is 0 Å². The highest BCUT2D eigenvalue weighted by Gasteiger charge is 2.12. The van der Waals surface area contributed by atoms with E-state index in [0.29, 0.717) is 10.8 Å². The van der Waals surface area contributed by atoms with Gasteiger partial charge in [-0.15, -0.1) is 10.2 Å². The van der Waals surface area contributed by atoms with Crippen LogP contribution in [0.1, 0.15) is 24.4 Å². The van der Waals surface area contributed by atoms with E-state index in [2.05, 4.69) is 20.7 Å². The number of benzene rings is 2. The Hall–Kier alpha value is -2.93. The summed E-state index contributed by atoms with van der Waals surface area (Å²) in [7, 11) is 0. The summed E-state index contributed by atoms with van der Waals surface area (Å²) in [6, 6.07) is 16.5. The molecule has 0 fully saturated rings. The summed E-state index contributed by atoms with van der Waals surface area (Å²) >= 11 is 5.98. The number of hydrogen-bond acceptors (Lipinski definition) is 5. The van der Waals surface area contributed by atoms with Crippen molar-refractivity contribution in [2.45, 2.75) is 26.1 Å². The number of tetrazole rings is 1. The number of amides is 1. The second kappa shape index (κ2) is 8.44. The fraction of sp³-hybridized carbons (Fsp3) is 0.222. The summed E-state index contributed by atoms with van der Waals surface area (Å²) in [5, 5.41) is 15.4. The van der Waals surface area contributed by atoms with Crippen molar-refractivity contribution in [3.63, 3.8) is 0 Å². The summed E-state index contributed by atoms with van der Waals surface area (Å²) in [5.74, 6) is 0.909. The van der Waals surface area contributed by atoms with Gasteiger partial charge in [-0.25, -0.2) is 0 Å². The maximum atomic E-state index is 12.2. The molecule has 0 saturated carbocycles. The molecule has 1 heterocycles. The second-order valence-corrected chi connectivity index (χ2v) is 6.12. The summed E-state index contributed by atoms with van der Waals surface area (Å²) in [4.78, 5) is 13.4. The average Bonchev–Trinajstić information content (AvgIpc) is 3.08. The van der Waals surface area contributed by atoms with E-state index in [0.717, 1.165) is 11.3 Å². The molecule has 8 heteroatoms. The molecule has 2 aromatic carbocycles. The average molecular weight is 372 g/mol. The van der Waals surface area contributed by atoms with Gasteiger partial charge in [0.05, 0.1) is 6.04 Å². The zero-order chi connectivity index (χ0) is 18.4. The number of ether oxygens (including phenoxy) is 1. The molecule has 3 rings (SSSR count). The highest BCUT2D eigenvalue weighted by molar-refractivity contribution is 6.30. The van der Waals surface area contributed by atoms with Crippen LogP contribution in [-0.4, -0.2) is 26.1 Å². The third-order valence-corrected chi connectivity index (χ3v) is 3.85. The number of aromatic nitrogens is 4. The zero-order valence-corrected chi connectivity index (χ0v) is 14.9. The lowest BCUT2D eigenvalue weighted by atomic mass is 10.1. The first-order chi connectivity index (χ1) is 12.6. The lowest BCUT2D eigenvalue weighted by Gasteiger charge is -2.14. The first kappa shape index (κ1) is 17.9. The van der Waals surface area contributed by atoms with E-state index >= 15 is 0 Å². The predicted octanol–water partition coefficient (Wildman–Crippen LogP) is 2.78. The van der Waals surface area contributed by atoms with Crippen LogP contribution in [0, 0.1) is 0 Å². The molecule has 26 heavy (non-hydrogen) atoms. The van der Waals surface area contributed by atoms with E-state index < -0.39 is 0 Å². The summed E-state index contributed by atoms with van der Waals surface area (Å²) in [6.07, 6.45) is 0. The minimum absolute atomic E-state index is 0.0246. The summed E-state index contributed by atoms with van der Waals surface area (Å²) in [6.45, 7) is 2.05. The molecule has 1 aromatic heterocycles. The Morgan fingerprint density at radius 1 is 1.23 bits per heavy atom. The van der Waals surface area contributed by atoms with Gasteiger partial charge in [0, 0.05) is 5.02 Å². The van der Waals surface area contributed by atoms with Crippen molar-refractivity contribution in [3.05, 3.63) is 71.0 Å². The fourth-order valence-electron chi connectivity index (χ4n) is 2.34. The quantitative estimate of drug-likeness (QED) is 0.690. The molecule has 0 bridgehead atoms. The Kier molecular flexibility index (Phi) is 5.80. The molecule has 3 aromatic rings. The highest BCUT2D eigenvalue weighted by atomic mass is 35.5. The molecule has 0 aliphatic rings. The molecule has 134 valence electrons. The maximum absolute atomic E-state index is 12.2. The van der Waals surface area contributed by atoms with Crippen LogP contribution in [0.15, 0.2) is 54.6 Å². The van der Waals surface area contributed by atoms with Crippen molar-refractivity contribution >= 4 is 17.5 Å². The standard InChI is InChI=1S/C18H18ClN5O2/c1-13(14-6-5-7-15(19)10-14)20-18(25)11-24-22-17(21-23-24)12-26-16-8-3-2-4-9-16/h2-10,13H,11-12H2,1H3,(H,20,25)/t13-/m1/s1. The monoisotopic (exact) mass is 371 g/mol. The van der Waals surface area contributed by atoms with Gasteiger partial charge in [-0.05, 0) is 42.0 Å². The molecule has 0 saturated heterocycles. The minimum Gasteiger partial charge on any atom is -0.485 e. The van der Waals surface area contributed by atoms with Gasteiger partial charge in [0.2, 0.25) is 11.7 Å². The summed E-state index contributed by atoms with van der Waals surface area (Å²) < 4.78 is 5.55. The van der Waals surface area contributed by atoms with E-state index in [1.807, 2.05) is 55.5 Å². The smallest absolute Gasteiger partial charge is 0.244 e. The van der Waals surface area contributed by atoms with Crippen LogP contribution in [0.5, 0.6) is 5.75 Å². The maximum Gasteiger partial charge on any atom is 0.244 e. The van der Waals surface area contributed by atoms with Gasteiger partial charge in [-0.3, -0.25) is 4.79 Å². The van der Waals surface area contributed by atoms with Gasteiger partial charge < -0.3 is 10.1 Å². The lowest BCUT2D eigenvalue weighted by molar-refractivity contribution is -0.122. The van der Waals surface area contributed by atoms with Crippen molar-refractivity contribution in [3.8, 4) is 5.75 Å². The number of carbonyl (C=O) groups excluding carboxylic acids is 1. The summed E-state index contributed by atoms with van der Waals surface area (Å²) in [5.41, 5.74) is 0.925. The van der Waals surface area contributed by atoms with Gasteiger partial charge in [0.15, 0.2) is 6.61 Å². The van der Waals surface area contributed by atoms with Gasteiger partial charge in [0.1, 0.15) is 12.3 Å². The number of halogens is 1. The molecule has 1 atom stereocenters. The van der Waals surface area contributed by atoms with Gasteiger partial charge in [-0.1, -0.05) is 41.9 Å². The van der Waals surface area contributed by atoms with Crippen LogP contribution in [-0.2, 0) is 17.9 Å². The molecule has 1 N–H and O–H groups in total. The molecule has 0 radical (unpaired) electrons. The van der Waals surface area contributed by atoms with E-state index in [9.17, 15) is 4.79 Å². The number of nitrogens with one attached hydrogen (secondary N) is 1.